The summed E-state index contributed by atoms with van der Waals surface area (Å²) in [5.41, 5.74) is 3.88. The van der Waals surface area contributed by atoms with Crippen LogP contribution in [0.25, 0.3) is 16.8 Å². The summed E-state index contributed by atoms with van der Waals surface area (Å²) in [6, 6.07) is 5.39. The first-order valence-corrected chi connectivity index (χ1v) is 10.3. The van der Waals surface area contributed by atoms with E-state index in [0.29, 0.717) is 43.4 Å². The quantitative estimate of drug-likeness (QED) is 0.518. The topological polar surface area (TPSA) is 102 Å². The summed E-state index contributed by atoms with van der Waals surface area (Å²) in [5, 5.41) is 17.0. The Morgan fingerprint density at radius 2 is 2.16 bits per heavy atom. The molecule has 1 saturated heterocycles. The van der Waals surface area contributed by atoms with E-state index < -0.39 is 0 Å². The van der Waals surface area contributed by atoms with Crippen LogP contribution in [-0.4, -0.2) is 44.0 Å². The Kier molecular flexibility index (Phi) is 4.29. The summed E-state index contributed by atoms with van der Waals surface area (Å²) >= 11 is 0. The van der Waals surface area contributed by atoms with Gasteiger partial charge < -0.3 is 14.8 Å². The number of hydrogen-bond donors (Lipinski definition) is 1. The lowest BCUT2D eigenvalue weighted by atomic mass is 10.0. The number of ether oxygens (including phenoxy) is 2. The molecular formula is C22H18FN7O2. The second-order valence-corrected chi connectivity index (χ2v) is 7.78. The number of nitrogens with one attached hydrogen (secondary N) is 1. The molecule has 6 rings (SSSR count). The summed E-state index contributed by atoms with van der Waals surface area (Å²) in [6.07, 6.45) is 7.67. The Hall–Kier alpha value is -3.97. The molecule has 3 aromatic heterocycles. The van der Waals surface area contributed by atoms with E-state index in [1.165, 1.54) is 6.07 Å². The SMILES string of the molecule is N#Cc1cn2c(NCc3c(F)ccc4c3CCO4)ncc(-c3cnn(C4COC4)c3)c2n1. The van der Waals surface area contributed by atoms with E-state index >= 15 is 0 Å². The molecule has 1 aromatic carbocycles. The van der Waals surface area contributed by atoms with Gasteiger partial charge in [-0.1, -0.05) is 0 Å². The number of anilines is 1. The van der Waals surface area contributed by atoms with E-state index in [4.69, 9.17) is 9.47 Å². The van der Waals surface area contributed by atoms with Gasteiger partial charge in [-0.3, -0.25) is 9.08 Å². The molecule has 5 heterocycles. The van der Waals surface area contributed by atoms with Gasteiger partial charge in [0.05, 0.1) is 38.3 Å². The Morgan fingerprint density at radius 1 is 1.25 bits per heavy atom. The van der Waals surface area contributed by atoms with Crippen molar-refractivity contribution < 1.29 is 13.9 Å². The summed E-state index contributed by atoms with van der Waals surface area (Å²) in [6.45, 7) is 2.07. The van der Waals surface area contributed by atoms with Crippen LogP contribution >= 0.6 is 0 Å². The molecule has 160 valence electrons. The second-order valence-electron chi connectivity index (χ2n) is 7.78. The Bertz CT molecular complexity index is 1380. The number of hydrogen-bond acceptors (Lipinski definition) is 7. The molecule has 0 atom stereocenters. The second kappa shape index (κ2) is 7.32. The maximum Gasteiger partial charge on any atom is 0.208 e. The van der Waals surface area contributed by atoms with Gasteiger partial charge in [0.15, 0.2) is 11.3 Å². The van der Waals surface area contributed by atoms with Crippen molar-refractivity contribution in [2.45, 2.75) is 19.0 Å². The molecule has 0 aliphatic carbocycles. The van der Waals surface area contributed by atoms with Gasteiger partial charge in [0.25, 0.3) is 0 Å². The average molecular weight is 431 g/mol. The summed E-state index contributed by atoms with van der Waals surface area (Å²) < 4.78 is 28.9. The molecule has 4 aromatic rings. The van der Waals surface area contributed by atoms with Crippen LogP contribution in [0, 0.1) is 17.1 Å². The third-order valence-corrected chi connectivity index (χ3v) is 5.88. The zero-order valence-electron chi connectivity index (χ0n) is 17.0. The fourth-order valence-electron chi connectivity index (χ4n) is 4.09. The molecule has 0 bridgehead atoms. The number of aromatic nitrogens is 5. The normalized spacial score (nSPS) is 15.2. The molecule has 32 heavy (non-hydrogen) atoms. The van der Waals surface area contributed by atoms with Crippen molar-refractivity contribution in [2.24, 2.45) is 0 Å². The summed E-state index contributed by atoms with van der Waals surface area (Å²) in [5.74, 6) is 0.902. The third kappa shape index (κ3) is 2.98. The first-order chi connectivity index (χ1) is 15.7. The highest BCUT2D eigenvalue weighted by atomic mass is 19.1. The maximum absolute atomic E-state index is 14.5. The van der Waals surface area contributed by atoms with Crippen LogP contribution in [-0.2, 0) is 17.7 Å². The molecule has 0 unspecified atom stereocenters. The van der Waals surface area contributed by atoms with Crippen LogP contribution in [0.15, 0.2) is 36.9 Å². The van der Waals surface area contributed by atoms with Crippen molar-refractivity contribution in [1.82, 2.24) is 24.1 Å². The van der Waals surface area contributed by atoms with Gasteiger partial charge in [-0.05, 0) is 12.1 Å². The molecule has 2 aliphatic rings. The van der Waals surface area contributed by atoms with Crippen molar-refractivity contribution in [3.05, 3.63) is 59.6 Å². The molecule has 0 amide bonds. The van der Waals surface area contributed by atoms with Crippen molar-refractivity contribution in [1.29, 1.82) is 5.26 Å². The first kappa shape index (κ1) is 18.8. The lowest BCUT2D eigenvalue weighted by molar-refractivity contribution is -0.0286. The summed E-state index contributed by atoms with van der Waals surface area (Å²) in [7, 11) is 0. The van der Waals surface area contributed by atoms with Gasteiger partial charge in [0, 0.05) is 47.6 Å². The number of halogens is 1. The van der Waals surface area contributed by atoms with Gasteiger partial charge in [-0.2, -0.15) is 10.4 Å². The van der Waals surface area contributed by atoms with E-state index in [-0.39, 0.29) is 24.1 Å². The molecule has 10 heteroatoms. The van der Waals surface area contributed by atoms with E-state index in [1.807, 2.05) is 10.9 Å². The zero-order valence-corrected chi connectivity index (χ0v) is 17.0. The minimum atomic E-state index is -0.287. The smallest absolute Gasteiger partial charge is 0.208 e. The van der Waals surface area contributed by atoms with Gasteiger partial charge >= 0.3 is 0 Å². The van der Waals surface area contributed by atoms with Crippen molar-refractivity contribution in [3.63, 3.8) is 0 Å². The van der Waals surface area contributed by atoms with Crippen LogP contribution in [0.4, 0.5) is 10.3 Å². The van der Waals surface area contributed by atoms with Crippen molar-refractivity contribution in [3.8, 4) is 22.9 Å². The maximum atomic E-state index is 14.5. The standard InChI is InChI=1S/C22H18FN7O2/c23-19-1-2-20-16(3-4-32-20)18(19)8-26-22-25-7-17(21-28-14(5-24)10-29(21)22)13-6-27-30(9-13)15-11-31-12-15/h1-2,6-7,9-10,15H,3-4,8,11-12H2,(H,25,26). The molecule has 0 radical (unpaired) electrons. The Morgan fingerprint density at radius 3 is 2.97 bits per heavy atom. The molecule has 9 nitrogen and oxygen atoms in total. The van der Waals surface area contributed by atoms with Crippen LogP contribution in [0.1, 0.15) is 22.9 Å². The molecule has 1 N–H and O–H groups in total. The Balaban J connectivity index is 1.36. The predicted octanol–water partition coefficient (Wildman–Crippen LogP) is 2.72. The number of imidazole rings is 1. The van der Waals surface area contributed by atoms with Gasteiger partial charge in [0.1, 0.15) is 17.6 Å². The largest absolute Gasteiger partial charge is 0.493 e. The zero-order chi connectivity index (χ0) is 21.7. The van der Waals surface area contributed by atoms with E-state index in [1.54, 1.807) is 29.1 Å². The number of nitrogens with zero attached hydrogens (tertiary/aromatic N) is 6. The average Bonchev–Trinajstić information content (AvgIpc) is 3.51. The monoisotopic (exact) mass is 431 g/mol. The fraction of sp³-hybridized carbons (Fsp3) is 0.273. The van der Waals surface area contributed by atoms with Crippen LogP contribution in [0.3, 0.4) is 0 Å². The molecule has 1 fully saturated rings. The predicted molar refractivity (Wildman–Crippen MR) is 112 cm³/mol. The molecule has 0 saturated carbocycles. The minimum Gasteiger partial charge on any atom is -0.493 e. The third-order valence-electron chi connectivity index (χ3n) is 5.88. The number of benzene rings is 1. The number of nitriles is 1. The summed E-state index contributed by atoms with van der Waals surface area (Å²) in [4.78, 5) is 9.00. The molecule has 0 spiro atoms. The highest BCUT2D eigenvalue weighted by Gasteiger charge is 2.23. The lowest BCUT2D eigenvalue weighted by Gasteiger charge is -2.25. The van der Waals surface area contributed by atoms with Crippen LogP contribution in [0.2, 0.25) is 0 Å². The van der Waals surface area contributed by atoms with Crippen LogP contribution < -0.4 is 10.1 Å². The van der Waals surface area contributed by atoms with E-state index in [0.717, 1.165) is 22.4 Å². The van der Waals surface area contributed by atoms with E-state index in [9.17, 15) is 9.65 Å². The van der Waals surface area contributed by atoms with Crippen molar-refractivity contribution >= 4 is 11.6 Å². The lowest BCUT2D eigenvalue weighted by Crippen LogP contribution is -2.30. The van der Waals surface area contributed by atoms with Gasteiger partial charge in [-0.15, -0.1) is 0 Å². The van der Waals surface area contributed by atoms with E-state index in [2.05, 4.69) is 26.5 Å². The van der Waals surface area contributed by atoms with Crippen molar-refractivity contribution in [2.75, 3.05) is 25.1 Å². The van der Waals surface area contributed by atoms with Crippen LogP contribution in [0.5, 0.6) is 5.75 Å². The number of fused-ring (bicyclic) bond motifs is 2. The molecule has 2 aliphatic heterocycles. The minimum absolute atomic E-state index is 0.231. The first-order valence-electron chi connectivity index (χ1n) is 10.3. The highest BCUT2D eigenvalue weighted by Crippen LogP contribution is 2.31. The number of rotatable bonds is 5. The van der Waals surface area contributed by atoms with Gasteiger partial charge in [0.2, 0.25) is 5.95 Å². The fourth-order valence-corrected chi connectivity index (χ4v) is 4.09. The molecular weight excluding hydrogens is 413 g/mol. The Labute approximate surface area is 182 Å². The highest BCUT2D eigenvalue weighted by molar-refractivity contribution is 5.77. The van der Waals surface area contributed by atoms with Gasteiger partial charge in [-0.25, -0.2) is 14.4 Å².